The molecule has 1 atom stereocenters. The van der Waals surface area contributed by atoms with E-state index in [2.05, 4.69) is 25.3 Å². The number of sulfonamides is 1. The molecule has 1 aromatic carbocycles. The number of halogens is 3. The fourth-order valence-corrected chi connectivity index (χ4v) is 3.56. The molecule has 0 radical (unpaired) electrons. The highest BCUT2D eigenvalue weighted by atomic mass is 32.2. The fraction of sp³-hybridized carbons (Fsp3) is 0.263. The van der Waals surface area contributed by atoms with Gasteiger partial charge < -0.3 is 5.32 Å². The molecule has 3 aromatic rings. The van der Waals surface area contributed by atoms with E-state index in [-0.39, 0.29) is 28.5 Å². The average Bonchev–Trinajstić information content (AvgIpc) is 3.07. The van der Waals surface area contributed by atoms with Crippen LogP contribution in [0.25, 0.3) is 11.4 Å². The van der Waals surface area contributed by atoms with Crippen molar-refractivity contribution in [2.45, 2.75) is 19.1 Å². The molecule has 0 spiro atoms. The standard InChI is InChI=1S/C19H20F3N7O3S/c1-11-13(27-33(3,31)32)9-10-14(23-11)15-17(29(2)28-26-15)25-18(30)24-16(19(20,21)22)12-7-5-4-6-8-12/h4-10,16,27H,1-3H3,(H2,24,25,30)/t16-/m0/s1. The highest BCUT2D eigenvalue weighted by Gasteiger charge is 2.42. The SMILES string of the molecule is Cc1nc(-c2nnn(C)c2NC(=O)N[C@@H](c2ccccc2)C(F)(F)F)ccc1NS(C)(=O)=O. The first kappa shape index (κ1) is 24.0. The molecular weight excluding hydrogens is 463 g/mol. The normalized spacial score (nSPS) is 12.8. The third kappa shape index (κ3) is 5.97. The Morgan fingerprint density at radius 3 is 2.36 bits per heavy atom. The van der Waals surface area contributed by atoms with Crippen molar-refractivity contribution >= 4 is 27.6 Å². The van der Waals surface area contributed by atoms with Gasteiger partial charge in [-0.25, -0.2) is 22.9 Å². The van der Waals surface area contributed by atoms with E-state index in [0.717, 1.165) is 6.26 Å². The molecule has 2 heterocycles. The van der Waals surface area contributed by atoms with Crippen molar-refractivity contribution in [2.24, 2.45) is 7.05 Å². The van der Waals surface area contributed by atoms with E-state index in [4.69, 9.17) is 0 Å². The first-order valence-corrected chi connectivity index (χ1v) is 11.3. The van der Waals surface area contributed by atoms with Crippen LogP contribution in [-0.4, -0.2) is 46.9 Å². The zero-order valence-corrected chi connectivity index (χ0v) is 18.5. The molecule has 0 unspecified atom stereocenters. The minimum absolute atomic E-state index is 0.00258. The molecule has 2 amide bonds. The van der Waals surface area contributed by atoms with Crippen molar-refractivity contribution in [2.75, 3.05) is 16.3 Å². The van der Waals surface area contributed by atoms with Crippen molar-refractivity contribution < 1.29 is 26.4 Å². The Hall–Kier alpha value is -3.68. The molecule has 10 nitrogen and oxygen atoms in total. The van der Waals surface area contributed by atoms with Gasteiger partial charge in [-0.3, -0.25) is 10.0 Å². The van der Waals surface area contributed by atoms with Crippen LogP contribution in [0.2, 0.25) is 0 Å². The van der Waals surface area contributed by atoms with Gasteiger partial charge in [0, 0.05) is 7.05 Å². The molecule has 0 saturated carbocycles. The minimum Gasteiger partial charge on any atom is -0.322 e. The number of aromatic nitrogens is 4. The average molecular weight is 483 g/mol. The van der Waals surface area contributed by atoms with Crippen LogP contribution >= 0.6 is 0 Å². The number of benzene rings is 1. The summed E-state index contributed by atoms with van der Waals surface area (Å²) in [6.07, 6.45) is -3.74. The van der Waals surface area contributed by atoms with Gasteiger partial charge in [0.15, 0.2) is 17.6 Å². The van der Waals surface area contributed by atoms with Crippen molar-refractivity contribution in [1.82, 2.24) is 25.3 Å². The first-order valence-electron chi connectivity index (χ1n) is 9.40. The van der Waals surface area contributed by atoms with Crippen molar-refractivity contribution in [3.63, 3.8) is 0 Å². The summed E-state index contributed by atoms with van der Waals surface area (Å²) in [5.74, 6) is -0.00258. The number of carbonyl (C=O) groups excluding carboxylic acids is 1. The van der Waals surface area contributed by atoms with Crippen LogP contribution in [0.15, 0.2) is 42.5 Å². The van der Waals surface area contributed by atoms with Gasteiger partial charge in [0.25, 0.3) is 0 Å². The van der Waals surface area contributed by atoms with E-state index in [9.17, 15) is 26.4 Å². The molecule has 0 aliphatic rings. The molecule has 3 rings (SSSR count). The lowest BCUT2D eigenvalue weighted by Crippen LogP contribution is -2.40. The number of pyridine rings is 1. The fourth-order valence-electron chi connectivity index (χ4n) is 2.94. The summed E-state index contributed by atoms with van der Waals surface area (Å²) < 4.78 is 67.0. The van der Waals surface area contributed by atoms with E-state index in [1.807, 2.05) is 5.32 Å². The topological polar surface area (TPSA) is 131 Å². The molecule has 0 fully saturated rings. The number of hydrogen-bond acceptors (Lipinski definition) is 6. The molecule has 33 heavy (non-hydrogen) atoms. The van der Waals surface area contributed by atoms with Crippen molar-refractivity contribution in [3.05, 3.63) is 53.7 Å². The molecule has 176 valence electrons. The van der Waals surface area contributed by atoms with E-state index in [0.29, 0.717) is 5.69 Å². The summed E-state index contributed by atoms with van der Waals surface area (Å²) in [4.78, 5) is 16.7. The van der Waals surface area contributed by atoms with Crippen LogP contribution in [0.5, 0.6) is 0 Å². The summed E-state index contributed by atoms with van der Waals surface area (Å²) in [6, 6.07) is 6.49. The van der Waals surface area contributed by atoms with Gasteiger partial charge in [-0.15, -0.1) is 5.10 Å². The van der Waals surface area contributed by atoms with Crippen LogP contribution < -0.4 is 15.4 Å². The second-order valence-corrected chi connectivity index (χ2v) is 8.85. The van der Waals surface area contributed by atoms with Gasteiger partial charge in [0.1, 0.15) is 0 Å². The molecule has 0 aliphatic carbocycles. The lowest BCUT2D eigenvalue weighted by Gasteiger charge is -2.22. The Morgan fingerprint density at radius 1 is 1.12 bits per heavy atom. The zero-order chi connectivity index (χ0) is 24.4. The van der Waals surface area contributed by atoms with Gasteiger partial charge in [-0.05, 0) is 24.6 Å². The van der Waals surface area contributed by atoms with Crippen LogP contribution in [0.4, 0.5) is 29.5 Å². The van der Waals surface area contributed by atoms with Gasteiger partial charge in [0.2, 0.25) is 10.0 Å². The summed E-state index contributed by atoms with van der Waals surface area (Å²) in [6.45, 7) is 1.56. The number of nitrogens with zero attached hydrogens (tertiary/aromatic N) is 4. The van der Waals surface area contributed by atoms with Crippen molar-refractivity contribution in [1.29, 1.82) is 0 Å². The van der Waals surface area contributed by atoms with Crippen LogP contribution in [0, 0.1) is 6.92 Å². The van der Waals surface area contributed by atoms with Crippen LogP contribution in [-0.2, 0) is 17.1 Å². The van der Waals surface area contributed by atoms with Gasteiger partial charge >= 0.3 is 12.2 Å². The highest BCUT2D eigenvalue weighted by molar-refractivity contribution is 7.92. The number of alkyl halides is 3. The smallest absolute Gasteiger partial charge is 0.322 e. The second-order valence-electron chi connectivity index (χ2n) is 7.10. The maximum Gasteiger partial charge on any atom is 0.412 e. The van der Waals surface area contributed by atoms with E-state index in [1.165, 1.54) is 48.1 Å². The Bertz CT molecular complexity index is 1260. The number of anilines is 2. The van der Waals surface area contributed by atoms with E-state index in [1.54, 1.807) is 13.0 Å². The third-order valence-corrected chi connectivity index (χ3v) is 5.01. The number of aryl methyl sites for hydroxylation is 2. The minimum atomic E-state index is -4.73. The Kier molecular flexibility index (Phi) is 6.58. The van der Waals surface area contributed by atoms with E-state index >= 15 is 0 Å². The van der Waals surface area contributed by atoms with Crippen LogP contribution in [0.1, 0.15) is 17.3 Å². The first-order chi connectivity index (χ1) is 15.3. The third-order valence-electron chi connectivity index (χ3n) is 4.42. The number of carbonyl (C=O) groups is 1. The molecule has 3 N–H and O–H groups in total. The maximum absolute atomic E-state index is 13.5. The molecular formula is C19H20F3N7O3S. The highest BCUT2D eigenvalue weighted by Crippen LogP contribution is 2.33. The largest absolute Gasteiger partial charge is 0.412 e. The summed E-state index contributed by atoms with van der Waals surface area (Å²) >= 11 is 0. The second kappa shape index (κ2) is 9.05. The van der Waals surface area contributed by atoms with Crippen LogP contribution in [0.3, 0.4) is 0 Å². The lowest BCUT2D eigenvalue weighted by atomic mass is 10.1. The molecule has 0 bridgehead atoms. The Morgan fingerprint density at radius 2 is 1.79 bits per heavy atom. The Balaban J connectivity index is 1.85. The molecule has 14 heteroatoms. The summed E-state index contributed by atoms with van der Waals surface area (Å²) in [5.41, 5.74) is 0.749. The molecule has 2 aromatic heterocycles. The van der Waals surface area contributed by atoms with Crippen molar-refractivity contribution in [3.8, 4) is 11.4 Å². The van der Waals surface area contributed by atoms with Gasteiger partial charge in [-0.2, -0.15) is 13.2 Å². The maximum atomic E-state index is 13.5. The molecule has 0 aliphatic heterocycles. The lowest BCUT2D eigenvalue weighted by molar-refractivity contribution is -0.154. The predicted molar refractivity (Wildman–Crippen MR) is 115 cm³/mol. The Labute approximate surface area is 187 Å². The van der Waals surface area contributed by atoms with Gasteiger partial charge in [-0.1, -0.05) is 35.5 Å². The quantitative estimate of drug-likeness (QED) is 0.494. The van der Waals surface area contributed by atoms with Gasteiger partial charge in [0.05, 0.1) is 23.3 Å². The number of amides is 2. The van der Waals surface area contributed by atoms with E-state index < -0.39 is 28.3 Å². The number of rotatable bonds is 6. The summed E-state index contributed by atoms with van der Waals surface area (Å²) in [7, 11) is -2.08. The monoisotopic (exact) mass is 483 g/mol. The zero-order valence-electron chi connectivity index (χ0n) is 17.7. The number of hydrogen-bond donors (Lipinski definition) is 3. The number of urea groups is 1. The predicted octanol–water partition coefficient (Wildman–Crippen LogP) is 2.98. The molecule has 0 saturated heterocycles. The number of nitrogens with one attached hydrogen (secondary N) is 3. The summed E-state index contributed by atoms with van der Waals surface area (Å²) in [5, 5.41) is 12.0.